The van der Waals surface area contributed by atoms with E-state index >= 15 is 0 Å². The summed E-state index contributed by atoms with van der Waals surface area (Å²) >= 11 is 1.46. The number of nitrogens with zero attached hydrogens (tertiary/aromatic N) is 1. The number of hydrogen-bond donors (Lipinski definition) is 0. The molecule has 0 aromatic heterocycles. The Bertz CT molecular complexity index is 91.7. The van der Waals surface area contributed by atoms with E-state index in [4.69, 9.17) is 4.74 Å². The maximum absolute atomic E-state index is 4.73. The van der Waals surface area contributed by atoms with Crippen molar-refractivity contribution in [3.8, 4) is 0 Å². The van der Waals surface area contributed by atoms with Crippen LogP contribution in [-0.4, -0.2) is 18.8 Å². The van der Waals surface area contributed by atoms with Crippen LogP contribution in [0, 0.1) is 6.42 Å². The van der Waals surface area contributed by atoms with Crippen LogP contribution in [0.4, 0.5) is 0 Å². The Kier molecular flexibility index (Phi) is 1.57. The van der Waals surface area contributed by atoms with Crippen LogP contribution in [0.25, 0.3) is 0 Å². The molecular weight excluding hydrogens is 110 g/mol. The van der Waals surface area contributed by atoms with Gasteiger partial charge in [0.1, 0.15) is 0 Å². The lowest BCUT2D eigenvalue weighted by Crippen LogP contribution is -1.95. The number of methoxy groups -OCH3 is 1. The molecule has 0 N–H and O–H groups in total. The Morgan fingerprint density at radius 2 is 2.86 bits per heavy atom. The first-order valence-corrected chi connectivity index (χ1v) is 2.85. The summed E-state index contributed by atoms with van der Waals surface area (Å²) in [6, 6.07) is 0. The first kappa shape index (κ1) is 4.97. The van der Waals surface area contributed by atoms with Crippen LogP contribution < -0.4 is 0 Å². The van der Waals surface area contributed by atoms with Gasteiger partial charge in [-0.3, -0.25) is 0 Å². The van der Waals surface area contributed by atoms with Crippen LogP contribution in [0.1, 0.15) is 0 Å². The topological polar surface area (TPSA) is 21.6 Å². The van der Waals surface area contributed by atoms with Crippen molar-refractivity contribution in [2.45, 2.75) is 0 Å². The second kappa shape index (κ2) is 2.21. The quantitative estimate of drug-likeness (QED) is 0.435. The van der Waals surface area contributed by atoms with Crippen molar-refractivity contribution in [2.75, 3.05) is 12.9 Å². The smallest absolute Gasteiger partial charge is 0.204 e. The third-order valence-electron chi connectivity index (χ3n) is 0.629. The summed E-state index contributed by atoms with van der Waals surface area (Å²) in [7, 11) is 1.59. The molecule has 2 radical (unpaired) electrons. The maximum Gasteiger partial charge on any atom is 0.204 e. The molecule has 0 amide bonds. The van der Waals surface area contributed by atoms with Crippen LogP contribution in [-0.2, 0) is 4.74 Å². The predicted molar refractivity (Wildman–Crippen MR) is 30.1 cm³/mol. The van der Waals surface area contributed by atoms with Crippen LogP contribution in [0.3, 0.4) is 0 Å². The summed E-state index contributed by atoms with van der Waals surface area (Å²) < 4.78 is 8.58. The van der Waals surface area contributed by atoms with Gasteiger partial charge in [0.05, 0.1) is 13.5 Å². The lowest BCUT2D eigenvalue weighted by atomic mass is 10.5. The first-order valence-electron chi connectivity index (χ1n) is 1.91. The van der Waals surface area contributed by atoms with Crippen LogP contribution >= 0.6 is 11.9 Å². The summed E-state index contributed by atoms with van der Waals surface area (Å²) in [5, 5.41) is 0. The minimum atomic E-state index is 0.630. The third kappa shape index (κ3) is 1.09. The zero-order chi connectivity index (χ0) is 5.11. The van der Waals surface area contributed by atoms with Crippen LogP contribution in [0.15, 0.2) is 4.40 Å². The Hall–Kier alpha value is -0.180. The van der Waals surface area contributed by atoms with Gasteiger partial charge in [-0.2, -0.15) is 4.40 Å². The molecule has 1 rings (SSSR count). The van der Waals surface area contributed by atoms with Crippen molar-refractivity contribution in [1.82, 2.24) is 0 Å². The standard InChI is InChI=1S/C4H5NOS/c1-6-4-2-3-7-5-4/h3H2,1H3. The molecule has 38 valence electrons. The van der Waals surface area contributed by atoms with E-state index in [2.05, 4.69) is 10.8 Å². The molecule has 0 fully saturated rings. The lowest BCUT2D eigenvalue weighted by molar-refractivity contribution is 0.405. The number of rotatable bonds is 0. The third-order valence-corrected chi connectivity index (χ3v) is 1.20. The fourth-order valence-electron chi connectivity index (χ4n) is 0.327. The molecular formula is C4H5NOS. The van der Waals surface area contributed by atoms with E-state index in [-0.39, 0.29) is 0 Å². The second-order valence-corrected chi connectivity index (χ2v) is 1.78. The zero-order valence-electron chi connectivity index (χ0n) is 3.97. The molecule has 0 saturated heterocycles. The average molecular weight is 115 g/mol. The Labute approximate surface area is 47.1 Å². The van der Waals surface area contributed by atoms with E-state index in [1.807, 2.05) is 0 Å². The maximum atomic E-state index is 4.73. The van der Waals surface area contributed by atoms with Gasteiger partial charge in [-0.25, -0.2) is 0 Å². The van der Waals surface area contributed by atoms with Gasteiger partial charge in [0.2, 0.25) is 5.90 Å². The van der Waals surface area contributed by atoms with Gasteiger partial charge >= 0.3 is 0 Å². The summed E-state index contributed by atoms with van der Waals surface area (Å²) in [4.78, 5) is 0. The average Bonchev–Trinajstić information content (AvgIpc) is 2.14. The van der Waals surface area contributed by atoms with Crippen LogP contribution in [0.2, 0.25) is 0 Å². The lowest BCUT2D eigenvalue weighted by Gasteiger charge is -1.89. The van der Waals surface area contributed by atoms with Crippen molar-refractivity contribution in [3.05, 3.63) is 6.42 Å². The van der Waals surface area contributed by atoms with E-state index in [0.29, 0.717) is 5.90 Å². The van der Waals surface area contributed by atoms with Crippen LogP contribution in [0.5, 0.6) is 0 Å². The molecule has 1 aliphatic rings. The minimum Gasteiger partial charge on any atom is -0.483 e. The monoisotopic (exact) mass is 115 g/mol. The van der Waals surface area contributed by atoms with E-state index < -0.39 is 0 Å². The highest BCUT2D eigenvalue weighted by Gasteiger charge is 2.05. The largest absolute Gasteiger partial charge is 0.483 e. The summed E-state index contributed by atoms with van der Waals surface area (Å²) in [6.07, 6.45) is 2.90. The van der Waals surface area contributed by atoms with Crippen molar-refractivity contribution in [1.29, 1.82) is 0 Å². The van der Waals surface area contributed by atoms with E-state index in [9.17, 15) is 0 Å². The highest BCUT2D eigenvalue weighted by Crippen LogP contribution is 2.13. The minimum absolute atomic E-state index is 0.630. The molecule has 1 heterocycles. The molecule has 3 heteroatoms. The van der Waals surface area contributed by atoms with Crippen molar-refractivity contribution < 1.29 is 4.74 Å². The molecule has 0 unspecified atom stereocenters. The Balaban J connectivity index is 2.36. The molecule has 2 nitrogen and oxygen atoms in total. The van der Waals surface area contributed by atoms with Gasteiger partial charge in [0.25, 0.3) is 0 Å². The van der Waals surface area contributed by atoms with Crippen molar-refractivity contribution >= 4 is 17.8 Å². The van der Waals surface area contributed by atoms with E-state index in [1.54, 1.807) is 7.11 Å². The van der Waals surface area contributed by atoms with Crippen molar-refractivity contribution in [3.63, 3.8) is 0 Å². The predicted octanol–water partition coefficient (Wildman–Crippen LogP) is 0.774. The van der Waals surface area contributed by atoms with Gasteiger partial charge in [-0.1, -0.05) is 0 Å². The van der Waals surface area contributed by atoms with E-state index in [0.717, 1.165) is 5.75 Å². The molecule has 0 aliphatic carbocycles. The molecule has 0 atom stereocenters. The molecule has 0 aromatic rings. The van der Waals surface area contributed by atoms with Gasteiger partial charge in [-0.05, 0) is 11.9 Å². The molecule has 0 aromatic carbocycles. The normalized spacial score (nSPS) is 19.3. The highest BCUT2D eigenvalue weighted by molar-refractivity contribution is 7.98. The summed E-state index contributed by atoms with van der Waals surface area (Å²) in [5.41, 5.74) is 0. The van der Waals surface area contributed by atoms with Gasteiger partial charge in [0, 0.05) is 5.75 Å². The summed E-state index contributed by atoms with van der Waals surface area (Å²) in [5.74, 6) is 1.47. The van der Waals surface area contributed by atoms with Gasteiger partial charge in [0.15, 0.2) is 0 Å². The first-order chi connectivity index (χ1) is 3.43. The molecule has 0 bridgehead atoms. The Morgan fingerprint density at radius 3 is 3.14 bits per heavy atom. The number of hydrogen-bond acceptors (Lipinski definition) is 3. The second-order valence-electron chi connectivity index (χ2n) is 1.05. The molecule has 1 aliphatic heterocycles. The highest BCUT2D eigenvalue weighted by atomic mass is 32.2. The SMILES string of the molecule is COC1=NSC[C]1. The van der Waals surface area contributed by atoms with Crippen molar-refractivity contribution in [2.24, 2.45) is 4.40 Å². The molecule has 0 saturated carbocycles. The summed E-state index contributed by atoms with van der Waals surface area (Å²) in [6.45, 7) is 0. The van der Waals surface area contributed by atoms with Gasteiger partial charge in [-0.15, -0.1) is 0 Å². The Morgan fingerprint density at radius 1 is 2.00 bits per heavy atom. The molecule has 0 spiro atoms. The van der Waals surface area contributed by atoms with E-state index in [1.165, 1.54) is 11.9 Å². The zero-order valence-corrected chi connectivity index (χ0v) is 4.79. The fraction of sp³-hybridized carbons (Fsp3) is 0.500. The molecule has 7 heavy (non-hydrogen) atoms. The fourth-order valence-corrected chi connectivity index (χ4v) is 0.836. The number of ether oxygens (including phenoxy) is 1. The van der Waals surface area contributed by atoms with Gasteiger partial charge < -0.3 is 4.74 Å².